The molecule has 0 radical (unpaired) electrons. The average Bonchev–Trinajstić information content (AvgIpc) is 2.35. The lowest BCUT2D eigenvalue weighted by Crippen LogP contribution is -2.35. The van der Waals surface area contributed by atoms with Crippen LogP contribution < -0.4 is 15.8 Å². The number of rotatable bonds is 5. The molecule has 92 valence electrons. The number of carbonyl (C=O) groups is 1. The van der Waals surface area contributed by atoms with Crippen molar-refractivity contribution < 1.29 is 9.53 Å². The minimum absolute atomic E-state index is 0.159. The molecule has 1 atom stereocenters. The molecule has 0 aliphatic rings. The summed E-state index contributed by atoms with van der Waals surface area (Å²) in [5.74, 6) is 0.188. The summed E-state index contributed by atoms with van der Waals surface area (Å²) in [6.45, 7) is 2.14. The third-order valence-corrected chi connectivity index (χ3v) is 2.80. The van der Waals surface area contributed by atoms with Gasteiger partial charge in [0.15, 0.2) is 0 Å². The maximum Gasteiger partial charge on any atom is 0.229 e. The molecular formula is C12H16N2O2S. The first-order valence-corrected chi connectivity index (χ1v) is 5.65. The molecule has 1 unspecified atom stereocenters. The summed E-state index contributed by atoms with van der Waals surface area (Å²) in [7, 11) is 1.61. The van der Waals surface area contributed by atoms with E-state index in [2.05, 4.69) is 5.32 Å². The second-order valence-electron chi connectivity index (χ2n) is 3.69. The zero-order chi connectivity index (χ0) is 12.8. The molecule has 0 aromatic heterocycles. The summed E-state index contributed by atoms with van der Waals surface area (Å²) in [6, 6.07) is 7.48. The highest BCUT2D eigenvalue weighted by Crippen LogP contribution is 2.11. The first kappa shape index (κ1) is 13.4. The van der Waals surface area contributed by atoms with Gasteiger partial charge in [-0.3, -0.25) is 4.79 Å². The van der Waals surface area contributed by atoms with Gasteiger partial charge in [-0.15, -0.1) is 0 Å². The molecule has 0 bridgehead atoms. The van der Waals surface area contributed by atoms with Gasteiger partial charge in [0, 0.05) is 6.54 Å². The first-order chi connectivity index (χ1) is 8.04. The molecule has 0 saturated carbocycles. The number of hydrogen-bond acceptors (Lipinski definition) is 3. The lowest BCUT2D eigenvalue weighted by Gasteiger charge is -2.10. The smallest absolute Gasteiger partial charge is 0.229 e. The van der Waals surface area contributed by atoms with Crippen molar-refractivity contribution in [3.63, 3.8) is 0 Å². The fourth-order valence-electron chi connectivity index (χ4n) is 1.21. The van der Waals surface area contributed by atoms with Crippen LogP contribution >= 0.6 is 12.2 Å². The second kappa shape index (κ2) is 6.20. The van der Waals surface area contributed by atoms with Gasteiger partial charge in [0.1, 0.15) is 5.75 Å². The van der Waals surface area contributed by atoms with Gasteiger partial charge in [-0.25, -0.2) is 0 Å². The van der Waals surface area contributed by atoms with Gasteiger partial charge in [-0.05, 0) is 24.6 Å². The van der Waals surface area contributed by atoms with E-state index in [9.17, 15) is 4.79 Å². The van der Waals surface area contributed by atoms with Crippen molar-refractivity contribution in [3.8, 4) is 5.75 Å². The normalized spacial score (nSPS) is 11.6. The molecule has 1 aromatic rings. The fourth-order valence-corrected chi connectivity index (χ4v) is 1.32. The predicted molar refractivity (Wildman–Crippen MR) is 70.8 cm³/mol. The van der Waals surface area contributed by atoms with Crippen molar-refractivity contribution in [2.45, 2.75) is 13.5 Å². The molecule has 1 amide bonds. The number of benzene rings is 1. The van der Waals surface area contributed by atoms with Crippen LogP contribution in [0.4, 0.5) is 0 Å². The highest BCUT2D eigenvalue weighted by molar-refractivity contribution is 7.80. The van der Waals surface area contributed by atoms with Crippen molar-refractivity contribution in [1.29, 1.82) is 0 Å². The SMILES string of the molecule is COc1ccc(CNC(=O)C(C)C(N)=S)cc1. The minimum Gasteiger partial charge on any atom is -0.497 e. The van der Waals surface area contributed by atoms with Crippen molar-refractivity contribution in [2.75, 3.05) is 7.11 Å². The van der Waals surface area contributed by atoms with Crippen LogP contribution in [0.15, 0.2) is 24.3 Å². The monoisotopic (exact) mass is 252 g/mol. The number of nitrogens with one attached hydrogen (secondary N) is 1. The summed E-state index contributed by atoms with van der Waals surface area (Å²) < 4.78 is 5.04. The van der Waals surface area contributed by atoms with Gasteiger partial charge in [-0.2, -0.15) is 0 Å². The second-order valence-corrected chi connectivity index (χ2v) is 4.16. The maximum atomic E-state index is 11.6. The van der Waals surface area contributed by atoms with Crippen LogP contribution in [0.25, 0.3) is 0 Å². The lowest BCUT2D eigenvalue weighted by molar-refractivity contribution is -0.122. The molecular weight excluding hydrogens is 236 g/mol. The number of thiocarbonyl (C=S) groups is 1. The summed E-state index contributed by atoms with van der Waals surface area (Å²) in [4.78, 5) is 11.8. The molecule has 4 nitrogen and oxygen atoms in total. The summed E-state index contributed by atoms with van der Waals surface area (Å²) in [5, 5.41) is 2.77. The van der Waals surface area contributed by atoms with Crippen LogP contribution in [-0.2, 0) is 11.3 Å². The quantitative estimate of drug-likeness (QED) is 0.774. The Hall–Kier alpha value is -1.62. The first-order valence-electron chi connectivity index (χ1n) is 5.24. The van der Waals surface area contributed by atoms with Crippen LogP contribution in [0.5, 0.6) is 5.75 Å². The Balaban J connectivity index is 2.50. The molecule has 0 aliphatic carbocycles. The maximum absolute atomic E-state index is 11.6. The van der Waals surface area contributed by atoms with Crippen molar-refractivity contribution in [2.24, 2.45) is 11.7 Å². The number of ether oxygens (including phenoxy) is 1. The Kier molecular flexibility index (Phi) is 4.90. The summed E-state index contributed by atoms with van der Waals surface area (Å²) in [5.41, 5.74) is 6.39. The van der Waals surface area contributed by atoms with E-state index in [1.807, 2.05) is 24.3 Å². The van der Waals surface area contributed by atoms with Gasteiger partial charge >= 0.3 is 0 Å². The third-order valence-electron chi connectivity index (χ3n) is 2.45. The van der Waals surface area contributed by atoms with Gasteiger partial charge < -0.3 is 15.8 Å². The Morgan fingerprint density at radius 3 is 2.53 bits per heavy atom. The Bertz CT molecular complexity index is 403. The van der Waals surface area contributed by atoms with Crippen LogP contribution in [0.3, 0.4) is 0 Å². The largest absolute Gasteiger partial charge is 0.497 e. The van der Waals surface area contributed by atoms with Gasteiger partial charge in [0.2, 0.25) is 5.91 Å². The van der Waals surface area contributed by atoms with E-state index in [-0.39, 0.29) is 10.9 Å². The van der Waals surface area contributed by atoms with E-state index in [0.29, 0.717) is 6.54 Å². The van der Waals surface area contributed by atoms with E-state index in [1.165, 1.54) is 0 Å². The molecule has 0 aliphatic heterocycles. The fraction of sp³-hybridized carbons (Fsp3) is 0.333. The van der Waals surface area contributed by atoms with Crippen LogP contribution in [0, 0.1) is 5.92 Å². The molecule has 0 fully saturated rings. The number of nitrogens with two attached hydrogens (primary N) is 1. The van der Waals surface area contributed by atoms with Crippen LogP contribution in [0.1, 0.15) is 12.5 Å². The van der Waals surface area contributed by atoms with Gasteiger partial charge in [0.25, 0.3) is 0 Å². The lowest BCUT2D eigenvalue weighted by atomic mass is 10.1. The predicted octanol–water partition coefficient (Wildman–Crippen LogP) is 1.23. The van der Waals surface area contributed by atoms with E-state index >= 15 is 0 Å². The van der Waals surface area contributed by atoms with E-state index < -0.39 is 5.92 Å². The molecule has 0 spiro atoms. The Labute approximate surface area is 106 Å². The topological polar surface area (TPSA) is 64.3 Å². The highest BCUT2D eigenvalue weighted by Gasteiger charge is 2.14. The number of amides is 1. The Morgan fingerprint density at radius 2 is 2.06 bits per heavy atom. The molecule has 3 N–H and O–H groups in total. The number of hydrogen-bond donors (Lipinski definition) is 2. The zero-order valence-electron chi connectivity index (χ0n) is 9.90. The standard InChI is InChI=1S/C12H16N2O2S/c1-8(11(13)17)12(15)14-7-9-3-5-10(16-2)6-4-9/h3-6,8H,7H2,1-2H3,(H2,13,17)(H,14,15). The molecule has 17 heavy (non-hydrogen) atoms. The zero-order valence-corrected chi connectivity index (χ0v) is 10.7. The highest BCUT2D eigenvalue weighted by atomic mass is 32.1. The number of carbonyl (C=O) groups excluding carboxylic acids is 1. The molecule has 5 heteroatoms. The summed E-state index contributed by atoms with van der Waals surface area (Å²) >= 11 is 4.76. The molecule has 1 aromatic carbocycles. The van der Waals surface area contributed by atoms with Crippen LogP contribution in [-0.4, -0.2) is 18.0 Å². The summed E-state index contributed by atoms with van der Waals surface area (Å²) in [6.07, 6.45) is 0. The molecule has 0 heterocycles. The average molecular weight is 252 g/mol. The van der Waals surface area contributed by atoms with Crippen LogP contribution in [0.2, 0.25) is 0 Å². The van der Waals surface area contributed by atoms with Crippen molar-refractivity contribution >= 4 is 23.1 Å². The van der Waals surface area contributed by atoms with Crippen molar-refractivity contribution in [1.82, 2.24) is 5.32 Å². The number of methoxy groups -OCH3 is 1. The van der Waals surface area contributed by atoms with E-state index in [4.69, 9.17) is 22.7 Å². The minimum atomic E-state index is -0.441. The van der Waals surface area contributed by atoms with Gasteiger partial charge in [0.05, 0.1) is 18.0 Å². The molecule has 0 saturated heterocycles. The third kappa shape index (κ3) is 4.03. The van der Waals surface area contributed by atoms with Crippen molar-refractivity contribution in [3.05, 3.63) is 29.8 Å². The van der Waals surface area contributed by atoms with Gasteiger partial charge in [-0.1, -0.05) is 24.4 Å². The Morgan fingerprint density at radius 1 is 1.47 bits per heavy atom. The van der Waals surface area contributed by atoms with E-state index in [1.54, 1.807) is 14.0 Å². The van der Waals surface area contributed by atoms with E-state index in [0.717, 1.165) is 11.3 Å². The molecule has 1 rings (SSSR count).